The zero-order chi connectivity index (χ0) is 15.4. The summed E-state index contributed by atoms with van der Waals surface area (Å²) in [6.07, 6.45) is 4.27. The van der Waals surface area contributed by atoms with Gasteiger partial charge in [0.05, 0.1) is 9.95 Å². The molecule has 0 spiro atoms. The number of alkyl halides is 1. The lowest BCUT2D eigenvalue weighted by Crippen LogP contribution is -2.32. The van der Waals surface area contributed by atoms with Crippen molar-refractivity contribution in [2.24, 2.45) is 5.92 Å². The highest BCUT2D eigenvalue weighted by atomic mass is 79.9. The molecule has 0 aliphatic heterocycles. The lowest BCUT2D eigenvalue weighted by Gasteiger charge is -2.25. The third-order valence-corrected chi connectivity index (χ3v) is 4.97. The maximum Gasteiger partial charge on any atom is 0.283 e. The molecule has 0 aromatic heterocycles. The molecule has 1 aliphatic rings. The number of benzene rings is 1. The fraction of sp³-hybridized carbons (Fsp3) is 0.500. The maximum absolute atomic E-state index is 12.2. The van der Waals surface area contributed by atoms with E-state index in [1.807, 2.05) is 0 Å². The summed E-state index contributed by atoms with van der Waals surface area (Å²) in [6.45, 7) is 0.529. The number of hydrogen-bond acceptors (Lipinski definition) is 3. The lowest BCUT2D eigenvalue weighted by atomic mass is 9.89. The molecule has 1 N–H and O–H groups in total. The first-order valence-electron chi connectivity index (χ1n) is 6.84. The van der Waals surface area contributed by atoms with Crippen molar-refractivity contribution in [3.63, 3.8) is 0 Å². The lowest BCUT2D eigenvalue weighted by molar-refractivity contribution is -0.385. The Balaban J connectivity index is 2.02. The summed E-state index contributed by atoms with van der Waals surface area (Å²) in [5.41, 5.74) is -0.317. The first kappa shape index (κ1) is 16.2. The second-order valence-corrected chi connectivity index (χ2v) is 6.92. The van der Waals surface area contributed by atoms with E-state index in [1.54, 1.807) is 0 Å². The van der Waals surface area contributed by atoms with E-state index in [-0.39, 0.29) is 16.3 Å². The Labute approximate surface area is 136 Å². The number of carbonyl (C=O) groups is 1. The molecule has 0 heterocycles. The number of nitrogens with one attached hydrogen (secondary N) is 1. The van der Waals surface area contributed by atoms with Crippen molar-refractivity contribution in [1.82, 2.24) is 5.32 Å². The van der Waals surface area contributed by atoms with Crippen LogP contribution < -0.4 is 5.32 Å². The smallest absolute Gasteiger partial charge is 0.283 e. The summed E-state index contributed by atoms with van der Waals surface area (Å²) < 4.78 is 0. The van der Waals surface area contributed by atoms with Gasteiger partial charge in [-0.1, -0.05) is 33.6 Å². The van der Waals surface area contributed by atoms with E-state index >= 15 is 0 Å². The van der Waals surface area contributed by atoms with Gasteiger partial charge in [0.25, 0.3) is 11.6 Å². The van der Waals surface area contributed by atoms with Gasteiger partial charge in [0.1, 0.15) is 5.56 Å². The molecule has 1 aromatic carbocycles. The van der Waals surface area contributed by atoms with E-state index in [4.69, 9.17) is 11.6 Å². The molecule has 1 amide bonds. The van der Waals surface area contributed by atoms with Gasteiger partial charge in [-0.2, -0.15) is 0 Å². The molecule has 1 aliphatic carbocycles. The molecule has 21 heavy (non-hydrogen) atoms. The fourth-order valence-corrected chi connectivity index (χ4v) is 3.33. The predicted octanol–water partition coefficient (Wildman–Crippen LogP) is 3.93. The minimum atomic E-state index is -0.586. The van der Waals surface area contributed by atoms with E-state index in [1.165, 1.54) is 18.2 Å². The van der Waals surface area contributed by atoms with E-state index in [0.29, 0.717) is 17.3 Å². The van der Waals surface area contributed by atoms with Gasteiger partial charge in [-0.3, -0.25) is 14.9 Å². The zero-order valence-corrected chi connectivity index (χ0v) is 13.7. The summed E-state index contributed by atoms with van der Waals surface area (Å²) in [5, 5.41) is 13.9. The second-order valence-electron chi connectivity index (χ2n) is 5.22. The van der Waals surface area contributed by atoms with Gasteiger partial charge in [-0.15, -0.1) is 0 Å². The van der Waals surface area contributed by atoms with Crippen molar-refractivity contribution in [2.45, 2.75) is 30.5 Å². The SMILES string of the molecule is O=C(NCC1CCC(Br)CC1)c1c(Cl)cccc1[N+](=O)[O-]. The highest BCUT2D eigenvalue weighted by molar-refractivity contribution is 9.09. The second kappa shape index (κ2) is 7.22. The van der Waals surface area contributed by atoms with Crippen molar-refractivity contribution < 1.29 is 9.72 Å². The monoisotopic (exact) mass is 374 g/mol. The average molecular weight is 376 g/mol. The summed E-state index contributed by atoms with van der Waals surface area (Å²) >= 11 is 9.53. The third-order valence-electron chi connectivity index (χ3n) is 3.74. The van der Waals surface area contributed by atoms with Crippen molar-refractivity contribution in [3.05, 3.63) is 38.9 Å². The van der Waals surface area contributed by atoms with Crippen molar-refractivity contribution in [2.75, 3.05) is 6.54 Å². The fourth-order valence-electron chi connectivity index (χ4n) is 2.54. The van der Waals surface area contributed by atoms with Crippen LogP contribution in [0.2, 0.25) is 5.02 Å². The number of halogens is 2. The van der Waals surface area contributed by atoms with E-state index in [0.717, 1.165) is 25.7 Å². The summed E-state index contributed by atoms with van der Waals surface area (Å²) in [7, 11) is 0. The molecule has 0 saturated heterocycles. The number of hydrogen-bond donors (Lipinski definition) is 1. The van der Waals surface area contributed by atoms with Crippen LogP contribution in [-0.4, -0.2) is 22.2 Å². The molecule has 0 unspecified atom stereocenters. The highest BCUT2D eigenvalue weighted by Gasteiger charge is 2.25. The Bertz CT molecular complexity index is 545. The van der Waals surface area contributed by atoms with E-state index in [2.05, 4.69) is 21.2 Å². The van der Waals surface area contributed by atoms with Crippen molar-refractivity contribution in [1.29, 1.82) is 0 Å². The van der Waals surface area contributed by atoms with Crippen LogP contribution >= 0.6 is 27.5 Å². The minimum absolute atomic E-state index is 0.0571. The number of nitro groups is 1. The first-order chi connectivity index (χ1) is 9.99. The van der Waals surface area contributed by atoms with Gasteiger partial charge in [0.2, 0.25) is 0 Å². The highest BCUT2D eigenvalue weighted by Crippen LogP contribution is 2.29. The quantitative estimate of drug-likeness (QED) is 0.492. The van der Waals surface area contributed by atoms with Crippen molar-refractivity contribution >= 4 is 39.1 Å². The number of nitro benzene ring substituents is 1. The topological polar surface area (TPSA) is 72.2 Å². The Morgan fingerprint density at radius 2 is 2.05 bits per heavy atom. The van der Waals surface area contributed by atoms with Crippen LogP contribution in [0.5, 0.6) is 0 Å². The molecule has 0 radical (unpaired) electrons. The molecule has 7 heteroatoms. The molecular weight excluding hydrogens is 360 g/mol. The van der Waals surface area contributed by atoms with Gasteiger partial charge in [0.15, 0.2) is 0 Å². The van der Waals surface area contributed by atoms with Crippen LogP contribution in [0.3, 0.4) is 0 Å². The van der Waals surface area contributed by atoms with Crippen molar-refractivity contribution in [3.8, 4) is 0 Å². The largest absolute Gasteiger partial charge is 0.351 e. The number of rotatable bonds is 4. The molecule has 2 rings (SSSR count). The van der Waals surface area contributed by atoms with Crippen LogP contribution in [-0.2, 0) is 0 Å². The maximum atomic E-state index is 12.2. The van der Waals surface area contributed by atoms with Crippen LogP contribution in [0.25, 0.3) is 0 Å². The Morgan fingerprint density at radius 3 is 2.67 bits per heavy atom. The number of nitrogens with zero attached hydrogens (tertiary/aromatic N) is 1. The number of carbonyl (C=O) groups excluding carboxylic acids is 1. The molecule has 0 bridgehead atoms. The van der Waals surface area contributed by atoms with Gasteiger partial charge in [-0.05, 0) is 37.7 Å². The summed E-state index contributed by atoms with van der Waals surface area (Å²) in [5.74, 6) is -0.0578. The molecule has 1 aromatic rings. The van der Waals surface area contributed by atoms with Gasteiger partial charge >= 0.3 is 0 Å². The molecule has 114 valence electrons. The Hall–Kier alpha value is -1.14. The van der Waals surface area contributed by atoms with Gasteiger partial charge < -0.3 is 5.32 Å². The Kier molecular flexibility index (Phi) is 5.58. The van der Waals surface area contributed by atoms with Crippen LogP contribution in [0, 0.1) is 16.0 Å². The molecular formula is C14H16BrClN2O3. The predicted molar refractivity (Wildman–Crippen MR) is 85.1 cm³/mol. The van der Waals surface area contributed by atoms with Crippen LogP contribution in [0.4, 0.5) is 5.69 Å². The van der Waals surface area contributed by atoms with Crippen LogP contribution in [0.15, 0.2) is 18.2 Å². The van der Waals surface area contributed by atoms with Gasteiger partial charge in [-0.25, -0.2) is 0 Å². The van der Waals surface area contributed by atoms with Gasteiger partial charge in [0, 0.05) is 17.4 Å². The molecule has 0 atom stereocenters. The standard InChI is InChI=1S/C14H16BrClN2O3/c15-10-6-4-9(5-7-10)8-17-14(19)13-11(16)2-1-3-12(13)18(20)21/h1-3,9-10H,4-8H2,(H,17,19). The molecule has 1 saturated carbocycles. The number of amides is 1. The zero-order valence-electron chi connectivity index (χ0n) is 11.4. The normalized spacial score (nSPS) is 21.8. The molecule has 1 fully saturated rings. The summed E-state index contributed by atoms with van der Waals surface area (Å²) in [4.78, 5) is 23.1. The summed E-state index contributed by atoms with van der Waals surface area (Å²) in [6, 6.07) is 4.24. The minimum Gasteiger partial charge on any atom is -0.351 e. The Morgan fingerprint density at radius 1 is 1.38 bits per heavy atom. The van der Waals surface area contributed by atoms with E-state index in [9.17, 15) is 14.9 Å². The van der Waals surface area contributed by atoms with Crippen LogP contribution in [0.1, 0.15) is 36.0 Å². The molecule has 5 nitrogen and oxygen atoms in total. The average Bonchev–Trinajstić information content (AvgIpc) is 2.46. The first-order valence-corrected chi connectivity index (χ1v) is 8.13. The van der Waals surface area contributed by atoms with E-state index < -0.39 is 10.8 Å². The third kappa shape index (κ3) is 4.17.